The summed E-state index contributed by atoms with van der Waals surface area (Å²) in [7, 11) is 0. The van der Waals surface area contributed by atoms with Crippen LogP contribution in [0.3, 0.4) is 0 Å². The number of carbonyl (C=O) groups excluding carboxylic acids is 1. The topological polar surface area (TPSA) is 110 Å². The van der Waals surface area contributed by atoms with Crippen LogP contribution in [-0.2, 0) is 11.2 Å². The van der Waals surface area contributed by atoms with Crippen molar-refractivity contribution >= 4 is 22.4 Å². The van der Waals surface area contributed by atoms with Crippen molar-refractivity contribution in [3.63, 3.8) is 0 Å². The minimum absolute atomic E-state index is 0.00521. The number of H-pyrrole nitrogens is 2. The first kappa shape index (κ1) is 24.8. The number of rotatable bonds is 8. The molecule has 8 heteroatoms. The third-order valence-corrected chi connectivity index (χ3v) is 6.96. The maximum absolute atomic E-state index is 11.8. The molecule has 2 aromatic heterocycles. The summed E-state index contributed by atoms with van der Waals surface area (Å²) >= 11 is 0. The summed E-state index contributed by atoms with van der Waals surface area (Å²) < 4.78 is 0. The van der Waals surface area contributed by atoms with Crippen LogP contribution in [0.5, 0.6) is 5.75 Å². The first-order valence-corrected chi connectivity index (χ1v) is 13.0. The lowest BCUT2D eigenvalue weighted by atomic mass is 9.97. The first-order valence-electron chi connectivity index (χ1n) is 13.0. The van der Waals surface area contributed by atoms with Crippen molar-refractivity contribution in [3.05, 3.63) is 59.9 Å². The molecule has 0 aliphatic carbocycles. The van der Waals surface area contributed by atoms with E-state index in [4.69, 9.17) is 4.98 Å². The molecular weight excluding hydrogens is 464 g/mol. The molecule has 0 radical (unpaired) electrons. The van der Waals surface area contributed by atoms with Gasteiger partial charge in [-0.05, 0) is 59.4 Å². The van der Waals surface area contributed by atoms with Crippen LogP contribution in [-0.4, -0.2) is 62.3 Å². The zero-order valence-corrected chi connectivity index (χ0v) is 21.6. The Kier molecular flexibility index (Phi) is 7.10. The lowest BCUT2D eigenvalue weighted by Crippen LogP contribution is -2.38. The molecule has 0 spiro atoms. The number of hydrogen-bond acceptors (Lipinski definition) is 5. The van der Waals surface area contributed by atoms with Crippen LogP contribution >= 0.6 is 0 Å². The van der Waals surface area contributed by atoms with E-state index in [0.717, 1.165) is 77.3 Å². The molecule has 0 unspecified atom stereocenters. The molecule has 3 heterocycles. The Morgan fingerprint density at radius 1 is 1.22 bits per heavy atom. The van der Waals surface area contributed by atoms with Crippen molar-refractivity contribution in [2.45, 2.75) is 33.6 Å². The number of imidazole rings is 1. The highest BCUT2D eigenvalue weighted by Gasteiger charge is 2.19. The number of aromatic nitrogens is 4. The number of nitrogens with one attached hydrogen (secondary N) is 3. The van der Waals surface area contributed by atoms with Crippen molar-refractivity contribution in [1.29, 1.82) is 0 Å². The number of aromatic amines is 2. The van der Waals surface area contributed by atoms with Gasteiger partial charge in [-0.25, -0.2) is 4.98 Å². The smallest absolute Gasteiger partial charge is 0.222 e. The Hall–Kier alpha value is -3.91. The van der Waals surface area contributed by atoms with Crippen LogP contribution in [0.2, 0.25) is 0 Å². The fourth-order valence-corrected chi connectivity index (χ4v) is 4.85. The molecule has 0 saturated carbocycles. The molecule has 4 aromatic rings. The number of aryl methyl sites for hydroxylation is 1. The van der Waals surface area contributed by atoms with Gasteiger partial charge >= 0.3 is 0 Å². The highest BCUT2D eigenvalue weighted by molar-refractivity contribution is 5.94. The van der Waals surface area contributed by atoms with E-state index in [1.165, 1.54) is 5.57 Å². The van der Waals surface area contributed by atoms with Crippen LogP contribution in [0.15, 0.2) is 48.7 Å². The molecule has 1 aliphatic heterocycles. The van der Waals surface area contributed by atoms with Gasteiger partial charge in [0.25, 0.3) is 0 Å². The molecule has 0 saturated heterocycles. The summed E-state index contributed by atoms with van der Waals surface area (Å²) in [6.07, 6.45) is 6.00. The molecule has 4 N–H and O–H groups in total. The Morgan fingerprint density at radius 2 is 2.08 bits per heavy atom. The number of aromatic hydroxyl groups is 1. The Labute approximate surface area is 216 Å². The summed E-state index contributed by atoms with van der Waals surface area (Å²) in [5.41, 5.74) is 7.13. The number of hydrogen-bond donors (Lipinski definition) is 4. The van der Waals surface area contributed by atoms with E-state index in [9.17, 15) is 9.90 Å². The number of phenolic OH excluding ortho intramolecular Hbond substituents is 1. The van der Waals surface area contributed by atoms with Crippen LogP contribution < -0.4 is 5.32 Å². The van der Waals surface area contributed by atoms with Gasteiger partial charge in [0.15, 0.2) is 5.82 Å². The van der Waals surface area contributed by atoms with Gasteiger partial charge in [0.1, 0.15) is 11.4 Å². The second-order valence-electron chi connectivity index (χ2n) is 9.90. The molecule has 0 fully saturated rings. The Bertz CT molecular complexity index is 1450. The van der Waals surface area contributed by atoms with Crippen molar-refractivity contribution in [3.8, 4) is 28.4 Å². The van der Waals surface area contributed by atoms with Crippen molar-refractivity contribution in [1.82, 2.24) is 30.4 Å². The van der Waals surface area contributed by atoms with E-state index in [2.05, 4.69) is 56.6 Å². The molecular formula is C29H34N6O2. The normalized spacial score (nSPS) is 14.3. The summed E-state index contributed by atoms with van der Waals surface area (Å²) in [4.78, 5) is 22.4. The number of fused-ring (bicyclic) bond motifs is 1. The third-order valence-electron chi connectivity index (χ3n) is 6.96. The van der Waals surface area contributed by atoms with Gasteiger partial charge in [-0.3, -0.25) is 14.8 Å². The van der Waals surface area contributed by atoms with E-state index in [0.29, 0.717) is 6.54 Å². The highest BCUT2D eigenvalue weighted by Crippen LogP contribution is 2.32. The average Bonchev–Trinajstić information content (AvgIpc) is 3.55. The van der Waals surface area contributed by atoms with Gasteiger partial charge < -0.3 is 15.4 Å². The number of nitrogens with zero attached hydrogens (tertiary/aromatic N) is 3. The second-order valence-corrected chi connectivity index (χ2v) is 9.90. The minimum atomic E-state index is 0.00521. The van der Waals surface area contributed by atoms with Gasteiger partial charge in [0, 0.05) is 43.7 Å². The molecule has 5 rings (SSSR count). The zero-order valence-electron chi connectivity index (χ0n) is 21.6. The van der Waals surface area contributed by atoms with E-state index in [1.807, 2.05) is 32.2 Å². The fourth-order valence-electron chi connectivity index (χ4n) is 4.85. The second kappa shape index (κ2) is 10.6. The Balaban J connectivity index is 1.31. The SMILES string of the molecule is CCc1cc(O)ccc1-c1ccc2c(-c3nc(C4=CCCN(CCNC(=O)C(C)C)C4)c[nH]3)n[nH]c2c1. The maximum Gasteiger partial charge on any atom is 0.222 e. The average molecular weight is 499 g/mol. The first-order chi connectivity index (χ1) is 17.9. The maximum atomic E-state index is 11.8. The van der Waals surface area contributed by atoms with Gasteiger partial charge in [0.2, 0.25) is 5.91 Å². The van der Waals surface area contributed by atoms with Gasteiger partial charge in [-0.2, -0.15) is 5.10 Å². The summed E-state index contributed by atoms with van der Waals surface area (Å²) in [6.45, 7) is 9.16. The predicted octanol–water partition coefficient (Wildman–Crippen LogP) is 4.75. The van der Waals surface area contributed by atoms with Gasteiger partial charge in [-0.1, -0.05) is 39.0 Å². The monoisotopic (exact) mass is 498 g/mol. The summed E-state index contributed by atoms with van der Waals surface area (Å²) in [5, 5.41) is 21.6. The summed E-state index contributed by atoms with van der Waals surface area (Å²) in [5.74, 6) is 1.12. The molecule has 1 aliphatic rings. The molecule has 0 atom stereocenters. The van der Waals surface area contributed by atoms with Crippen LogP contribution in [0.1, 0.15) is 38.4 Å². The number of carbonyl (C=O) groups is 1. The number of amides is 1. The van der Waals surface area contributed by atoms with E-state index in [1.54, 1.807) is 6.07 Å². The van der Waals surface area contributed by atoms with E-state index < -0.39 is 0 Å². The van der Waals surface area contributed by atoms with E-state index >= 15 is 0 Å². The number of benzene rings is 2. The quantitative estimate of drug-likeness (QED) is 0.280. The Morgan fingerprint density at radius 3 is 2.89 bits per heavy atom. The molecule has 0 bridgehead atoms. The highest BCUT2D eigenvalue weighted by atomic mass is 16.3. The lowest BCUT2D eigenvalue weighted by molar-refractivity contribution is -0.124. The largest absolute Gasteiger partial charge is 0.508 e. The van der Waals surface area contributed by atoms with Crippen LogP contribution in [0.4, 0.5) is 0 Å². The fraction of sp³-hybridized carbons (Fsp3) is 0.345. The molecule has 192 valence electrons. The third kappa shape index (κ3) is 5.29. The van der Waals surface area contributed by atoms with Crippen LogP contribution in [0.25, 0.3) is 39.1 Å². The molecule has 2 aromatic carbocycles. The van der Waals surface area contributed by atoms with Gasteiger partial charge in [-0.15, -0.1) is 0 Å². The minimum Gasteiger partial charge on any atom is -0.508 e. The predicted molar refractivity (Wildman–Crippen MR) is 147 cm³/mol. The van der Waals surface area contributed by atoms with Crippen molar-refractivity contribution < 1.29 is 9.90 Å². The molecule has 1 amide bonds. The zero-order chi connectivity index (χ0) is 25.9. The number of phenols is 1. The lowest BCUT2D eigenvalue weighted by Gasteiger charge is -2.26. The van der Waals surface area contributed by atoms with Gasteiger partial charge in [0.05, 0.1) is 11.2 Å². The van der Waals surface area contributed by atoms with Crippen LogP contribution in [0, 0.1) is 5.92 Å². The van der Waals surface area contributed by atoms with E-state index in [-0.39, 0.29) is 17.6 Å². The van der Waals surface area contributed by atoms with Crippen molar-refractivity contribution in [2.24, 2.45) is 5.92 Å². The van der Waals surface area contributed by atoms with Crippen molar-refractivity contribution in [2.75, 3.05) is 26.2 Å². The molecule has 37 heavy (non-hydrogen) atoms. The molecule has 8 nitrogen and oxygen atoms in total. The standard InChI is InChI=1S/C29H34N6O2/c1-4-19-14-22(36)8-10-23(19)20-7-9-24-25(15-20)33-34-27(24)28-31-16-26(32-28)21-6-5-12-35(17-21)13-11-30-29(37)18(2)3/h6-10,14-16,18,36H,4-5,11-13,17H2,1-3H3,(H,30,37)(H,31,32)(H,33,34). The summed E-state index contributed by atoms with van der Waals surface area (Å²) in [6, 6.07) is 11.8.